The van der Waals surface area contributed by atoms with Crippen LogP contribution in [-0.4, -0.2) is 21.7 Å². The van der Waals surface area contributed by atoms with Crippen LogP contribution in [-0.2, 0) is 11.3 Å². The van der Waals surface area contributed by atoms with Gasteiger partial charge in [-0.3, -0.25) is 14.2 Å². The Hall–Kier alpha value is -2.31. The van der Waals surface area contributed by atoms with E-state index in [1.165, 1.54) is 10.9 Å². The van der Waals surface area contributed by atoms with Gasteiger partial charge in [0, 0.05) is 9.92 Å². The maximum absolute atomic E-state index is 12.5. The summed E-state index contributed by atoms with van der Waals surface area (Å²) in [7, 11) is 0. The van der Waals surface area contributed by atoms with E-state index in [0.29, 0.717) is 15.9 Å². The highest BCUT2D eigenvalue weighted by atomic mass is 35.5. The van der Waals surface area contributed by atoms with Gasteiger partial charge in [0.1, 0.15) is 6.54 Å². The van der Waals surface area contributed by atoms with E-state index in [1.54, 1.807) is 30.0 Å². The van der Waals surface area contributed by atoms with Crippen LogP contribution in [0.3, 0.4) is 0 Å². The van der Waals surface area contributed by atoms with Crippen LogP contribution in [0.1, 0.15) is 0 Å². The van der Waals surface area contributed by atoms with E-state index in [9.17, 15) is 9.59 Å². The highest BCUT2D eigenvalue weighted by Gasteiger charge is 2.10. The summed E-state index contributed by atoms with van der Waals surface area (Å²) < 4.78 is 1.27. The molecular formula is C17H14ClN3O2S. The van der Waals surface area contributed by atoms with Gasteiger partial charge in [-0.05, 0) is 36.6 Å². The second-order valence-corrected chi connectivity index (χ2v) is 6.37. The molecule has 3 aromatic rings. The molecule has 0 unspecified atom stereocenters. The first-order chi connectivity index (χ1) is 11.6. The fraction of sp³-hybridized carbons (Fsp3) is 0.118. The minimum absolute atomic E-state index is 0.114. The lowest BCUT2D eigenvalue weighted by Crippen LogP contribution is -2.28. The fourth-order valence-electron chi connectivity index (χ4n) is 2.34. The third-order valence-corrected chi connectivity index (χ3v) is 4.51. The fourth-order valence-corrected chi connectivity index (χ4v) is 3.06. The Morgan fingerprint density at radius 3 is 2.88 bits per heavy atom. The topological polar surface area (TPSA) is 64.0 Å². The first-order valence-corrected chi connectivity index (χ1v) is 8.76. The van der Waals surface area contributed by atoms with Crippen LogP contribution in [0.4, 0.5) is 5.69 Å². The number of fused-ring (bicyclic) bond motifs is 1. The van der Waals surface area contributed by atoms with E-state index in [2.05, 4.69) is 10.3 Å². The summed E-state index contributed by atoms with van der Waals surface area (Å²) in [4.78, 5) is 29.9. The van der Waals surface area contributed by atoms with Crippen LogP contribution >= 0.6 is 23.4 Å². The van der Waals surface area contributed by atoms with Crippen molar-refractivity contribution in [2.75, 3.05) is 11.6 Å². The number of amides is 1. The van der Waals surface area contributed by atoms with Crippen molar-refractivity contribution in [1.29, 1.82) is 0 Å². The molecule has 122 valence electrons. The van der Waals surface area contributed by atoms with Crippen molar-refractivity contribution in [2.24, 2.45) is 0 Å². The third kappa shape index (κ3) is 3.44. The van der Waals surface area contributed by atoms with Gasteiger partial charge in [0.25, 0.3) is 5.56 Å². The summed E-state index contributed by atoms with van der Waals surface area (Å²) >= 11 is 7.47. The number of rotatable bonds is 4. The van der Waals surface area contributed by atoms with Crippen LogP contribution in [0.5, 0.6) is 0 Å². The number of hydrogen-bond acceptors (Lipinski definition) is 4. The molecule has 1 aromatic heterocycles. The van der Waals surface area contributed by atoms with E-state index in [1.807, 2.05) is 30.5 Å². The molecule has 3 rings (SSSR count). The first kappa shape index (κ1) is 16.5. The lowest BCUT2D eigenvalue weighted by Gasteiger charge is -2.10. The van der Waals surface area contributed by atoms with Crippen molar-refractivity contribution in [3.8, 4) is 0 Å². The summed E-state index contributed by atoms with van der Waals surface area (Å²) in [5, 5.41) is 3.67. The van der Waals surface area contributed by atoms with Crippen molar-refractivity contribution >= 4 is 45.9 Å². The van der Waals surface area contributed by atoms with Crippen LogP contribution in [0.2, 0.25) is 5.02 Å². The molecule has 5 nitrogen and oxygen atoms in total. The molecule has 24 heavy (non-hydrogen) atoms. The quantitative estimate of drug-likeness (QED) is 0.725. The lowest BCUT2D eigenvalue weighted by atomic mass is 10.2. The number of benzene rings is 2. The van der Waals surface area contributed by atoms with E-state index < -0.39 is 0 Å². The molecule has 0 radical (unpaired) electrons. The Bertz CT molecular complexity index is 971. The second kappa shape index (κ2) is 7.07. The molecule has 0 bridgehead atoms. The van der Waals surface area contributed by atoms with E-state index in [-0.39, 0.29) is 18.0 Å². The average molecular weight is 360 g/mol. The van der Waals surface area contributed by atoms with E-state index >= 15 is 0 Å². The third-order valence-electron chi connectivity index (χ3n) is 3.48. The van der Waals surface area contributed by atoms with Crippen molar-refractivity contribution in [3.05, 3.63) is 64.2 Å². The second-order valence-electron chi connectivity index (χ2n) is 5.09. The van der Waals surface area contributed by atoms with Gasteiger partial charge >= 0.3 is 0 Å². The Balaban J connectivity index is 1.85. The van der Waals surface area contributed by atoms with Gasteiger partial charge in [-0.2, -0.15) is 0 Å². The molecule has 2 aromatic carbocycles. The van der Waals surface area contributed by atoms with E-state index in [0.717, 1.165) is 10.6 Å². The highest BCUT2D eigenvalue weighted by molar-refractivity contribution is 7.98. The number of aromatic nitrogens is 2. The Kier molecular flexibility index (Phi) is 4.87. The van der Waals surface area contributed by atoms with Gasteiger partial charge in [-0.15, -0.1) is 11.8 Å². The van der Waals surface area contributed by atoms with Gasteiger partial charge < -0.3 is 5.32 Å². The number of para-hydroxylation sites is 1. The molecular weight excluding hydrogens is 346 g/mol. The lowest BCUT2D eigenvalue weighted by molar-refractivity contribution is -0.116. The van der Waals surface area contributed by atoms with Crippen LogP contribution in [0.25, 0.3) is 10.9 Å². The number of halogens is 1. The van der Waals surface area contributed by atoms with Crippen molar-refractivity contribution in [1.82, 2.24) is 9.55 Å². The molecule has 0 atom stereocenters. The summed E-state index contributed by atoms with van der Waals surface area (Å²) in [6.45, 7) is -0.114. The largest absolute Gasteiger partial charge is 0.324 e. The number of nitrogens with one attached hydrogen (secondary N) is 1. The molecule has 0 saturated heterocycles. The monoisotopic (exact) mass is 359 g/mol. The molecule has 0 aliphatic heterocycles. The molecule has 0 saturated carbocycles. The summed E-state index contributed by atoms with van der Waals surface area (Å²) in [5.74, 6) is -0.290. The number of carbonyl (C=O) groups excluding carboxylic acids is 1. The molecule has 0 fully saturated rings. The molecule has 0 aliphatic carbocycles. The predicted octanol–water partition coefficient (Wildman–Crippen LogP) is 3.41. The molecule has 7 heteroatoms. The molecule has 1 N–H and O–H groups in total. The number of thioether (sulfide) groups is 1. The minimum atomic E-state index is -0.296. The van der Waals surface area contributed by atoms with E-state index in [4.69, 9.17) is 11.6 Å². The molecule has 1 heterocycles. The number of hydrogen-bond donors (Lipinski definition) is 1. The summed E-state index contributed by atoms with van der Waals surface area (Å²) in [6, 6.07) is 12.4. The first-order valence-electron chi connectivity index (χ1n) is 7.16. The van der Waals surface area contributed by atoms with Crippen molar-refractivity contribution in [2.45, 2.75) is 11.4 Å². The number of carbonyl (C=O) groups is 1. The van der Waals surface area contributed by atoms with Gasteiger partial charge in [-0.1, -0.05) is 23.7 Å². The van der Waals surface area contributed by atoms with Crippen LogP contribution in [0.15, 0.2) is 58.5 Å². The SMILES string of the molecule is CSc1ccccc1NC(=O)Cn1cnc2ccc(Cl)cc2c1=O. The standard InChI is InChI=1S/C17H14ClN3O2S/c1-24-15-5-3-2-4-14(15)20-16(22)9-21-10-19-13-7-6-11(18)8-12(13)17(21)23/h2-8,10H,9H2,1H3,(H,20,22). The summed E-state index contributed by atoms with van der Waals surface area (Å²) in [5.41, 5.74) is 0.976. The summed E-state index contributed by atoms with van der Waals surface area (Å²) in [6.07, 6.45) is 3.31. The smallest absolute Gasteiger partial charge is 0.261 e. The zero-order valence-corrected chi connectivity index (χ0v) is 14.4. The normalized spacial score (nSPS) is 10.8. The van der Waals surface area contributed by atoms with Gasteiger partial charge in [0.15, 0.2) is 0 Å². The van der Waals surface area contributed by atoms with Gasteiger partial charge in [0.05, 0.1) is 22.9 Å². The average Bonchev–Trinajstić information content (AvgIpc) is 2.58. The zero-order valence-electron chi connectivity index (χ0n) is 12.8. The highest BCUT2D eigenvalue weighted by Crippen LogP contribution is 2.24. The number of nitrogens with zero attached hydrogens (tertiary/aromatic N) is 2. The maximum Gasteiger partial charge on any atom is 0.261 e. The minimum Gasteiger partial charge on any atom is -0.324 e. The Labute approximate surface area is 147 Å². The Morgan fingerprint density at radius 2 is 2.08 bits per heavy atom. The van der Waals surface area contributed by atoms with Gasteiger partial charge in [-0.25, -0.2) is 4.98 Å². The molecule has 0 aliphatic rings. The van der Waals surface area contributed by atoms with Crippen molar-refractivity contribution in [3.63, 3.8) is 0 Å². The van der Waals surface area contributed by atoms with Crippen LogP contribution in [0, 0.1) is 0 Å². The number of anilines is 1. The Morgan fingerprint density at radius 1 is 1.29 bits per heavy atom. The zero-order chi connectivity index (χ0) is 17.1. The maximum atomic E-state index is 12.5. The predicted molar refractivity (Wildman–Crippen MR) is 97.9 cm³/mol. The van der Waals surface area contributed by atoms with Gasteiger partial charge in [0.2, 0.25) is 5.91 Å². The van der Waals surface area contributed by atoms with Crippen LogP contribution < -0.4 is 10.9 Å². The molecule has 0 spiro atoms. The van der Waals surface area contributed by atoms with Crippen molar-refractivity contribution < 1.29 is 4.79 Å². The molecule has 1 amide bonds.